The highest BCUT2D eigenvalue weighted by Crippen LogP contribution is 2.22. The number of nitrogens with two attached hydrogens (primary N) is 1. The fraction of sp³-hybridized carbons (Fsp3) is 0.250. The summed E-state index contributed by atoms with van der Waals surface area (Å²) in [6.45, 7) is 0.144. The Labute approximate surface area is 95.1 Å². The van der Waals surface area contributed by atoms with Gasteiger partial charge >= 0.3 is 0 Å². The highest BCUT2D eigenvalue weighted by atomic mass is 79.9. The largest absolute Gasteiger partial charge is 0.368 e. The third kappa shape index (κ3) is 2.79. The topological polar surface area (TPSA) is 103 Å². The first-order valence-electron chi connectivity index (χ1n) is 3.96. The molecule has 2 N–H and O–H groups in total. The number of rotatable bonds is 3. The zero-order valence-electron chi connectivity index (χ0n) is 7.68. The van der Waals surface area contributed by atoms with Gasteiger partial charge in [0, 0.05) is 6.20 Å². The lowest BCUT2D eigenvalue weighted by molar-refractivity contribution is 0.923. The molecule has 15 heavy (non-hydrogen) atoms. The van der Waals surface area contributed by atoms with Crippen LogP contribution in [0.25, 0.3) is 0 Å². The average Bonchev–Trinajstić information content (AvgIpc) is 2.21. The van der Waals surface area contributed by atoms with E-state index in [4.69, 9.17) is 16.3 Å². The first kappa shape index (κ1) is 11.2. The number of halogens is 1. The van der Waals surface area contributed by atoms with Crippen LogP contribution in [0.2, 0.25) is 0 Å². The lowest BCUT2D eigenvalue weighted by atomic mass is 10.4. The Hall–Kier alpha value is -1.86. The van der Waals surface area contributed by atoms with Gasteiger partial charge in [-0.1, -0.05) is 0 Å². The first-order valence-corrected chi connectivity index (χ1v) is 4.75. The normalized spacial score (nSPS) is 9.00. The molecule has 1 rings (SSSR count). The SMILES string of the molecule is N#CCN(CC#N)c1nc(N)ncc1Br. The number of hydrogen-bond donors (Lipinski definition) is 1. The third-order valence-electron chi connectivity index (χ3n) is 1.57. The number of nitrogens with zero attached hydrogens (tertiary/aromatic N) is 5. The minimum atomic E-state index is 0.0720. The Morgan fingerprint density at radius 3 is 2.53 bits per heavy atom. The van der Waals surface area contributed by atoms with Gasteiger partial charge in [-0.2, -0.15) is 15.5 Å². The lowest BCUT2D eigenvalue weighted by Gasteiger charge is -2.17. The van der Waals surface area contributed by atoms with Gasteiger partial charge in [0.1, 0.15) is 18.9 Å². The quantitative estimate of drug-likeness (QED) is 0.807. The molecule has 1 heterocycles. The van der Waals surface area contributed by atoms with Gasteiger partial charge in [-0.25, -0.2) is 4.98 Å². The molecule has 0 unspecified atom stereocenters. The zero-order valence-corrected chi connectivity index (χ0v) is 9.27. The molecule has 0 saturated heterocycles. The molecule has 0 fully saturated rings. The molecule has 0 amide bonds. The molecule has 1 aromatic heterocycles. The summed E-state index contributed by atoms with van der Waals surface area (Å²) in [7, 11) is 0. The van der Waals surface area contributed by atoms with Crippen molar-refractivity contribution in [3.8, 4) is 12.1 Å². The Balaban J connectivity index is 3.06. The van der Waals surface area contributed by atoms with Crippen molar-refractivity contribution in [3.05, 3.63) is 10.7 Å². The van der Waals surface area contributed by atoms with Crippen LogP contribution in [0.4, 0.5) is 11.8 Å². The molecule has 0 aliphatic carbocycles. The second kappa shape index (κ2) is 5.13. The van der Waals surface area contributed by atoms with E-state index in [1.807, 2.05) is 12.1 Å². The summed E-state index contributed by atoms with van der Waals surface area (Å²) in [5.74, 6) is 0.555. The molecule has 0 aliphatic rings. The van der Waals surface area contributed by atoms with E-state index in [2.05, 4.69) is 25.9 Å². The minimum absolute atomic E-state index is 0.0720. The van der Waals surface area contributed by atoms with Gasteiger partial charge in [-0.3, -0.25) is 0 Å². The molecule has 7 heteroatoms. The number of anilines is 2. The van der Waals surface area contributed by atoms with E-state index in [0.717, 1.165) is 0 Å². The molecule has 0 bridgehead atoms. The predicted octanol–water partition coefficient (Wildman–Crippen LogP) is 0.675. The summed E-state index contributed by atoms with van der Waals surface area (Å²) < 4.78 is 0.599. The van der Waals surface area contributed by atoms with Crippen molar-refractivity contribution in [1.29, 1.82) is 10.5 Å². The van der Waals surface area contributed by atoms with Crippen LogP contribution in [0.1, 0.15) is 0 Å². The van der Waals surface area contributed by atoms with Crippen LogP contribution in [0.3, 0.4) is 0 Å². The van der Waals surface area contributed by atoms with E-state index in [9.17, 15) is 0 Å². The second-order valence-electron chi connectivity index (χ2n) is 2.57. The molecule has 6 nitrogen and oxygen atoms in total. The number of aromatic nitrogens is 2. The minimum Gasteiger partial charge on any atom is -0.368 e. The van der Waals surface area contributed by atoms with E-state index in [-0.39, 0.29) is 19.0 Å². The average molecular weight is 267 g/mol. The highest BCUT2D eigenvalue weighted by molar-refractivity contribution is 9.10. The van der Waals surface area contributed by atoms with Crippen LogP contribution >= 0.6 is 15.9 Å². The fourth-order valence-electron chi connectivity index (χ4n) is 0.969. The first-order chi connectivity index (χ1) is 7.19. The number of hydrogen-bond acceptors (Lipinski definition) is 6. The second-order valence-corrected chi connectivity index (χ2v) is 3.43. The van der Waals surface area contributed by atoms with Crippen molar-refractivity contribution >= 4 is 27.7 Å². The Kier molecular flexibility index (Phi) is 3.83. The van der Waals surface area contributed by atoms with Crippen LogP contribution in [0.5, 0.6) is 0 Å². The van der Waals surface area contributed by atoms with Gasteiger partial charge in [-0.05, 0) is 15.9 Å². The van der Waals surface area contributed by atoms with Gasteiger partial charge < -0.3 is 10.6 Å². The summed E-state index contributed by atoms with van der Waals surface area (Å²) in [6, 6.07) is 3.90. The lowest BCUT2D eigenvalue weighted by Crippen LogP contribution is -2.25. The molecule has 0 spiro atoms. The standard InChI is InChI=1S/C8H7BrN6/c9-6-5-13-8(12)14-7(6)15(3-1-10)4-2-11/h5H,3-4H2,(H2,12,13,14). The summed E-state index contributed by atoms with van der Waals surface area (Å²) >= 11 is 3.23. The van der Waals surface area contributed by atoms with Crippen molar-refractivity contribution in [3.63, 3.8) is 0 Å². The molecular formula is C8H7BrN6. The van der Waals surface area contributed by atoms with E-state index in [1.54, 1.807) is 0 Å². The molecule has 0 radical (unpaired) electrons. The summed E-state index contributed by atoms with van der Waals surface area (Å²) in [4.78, 5) is 9.23. The van der Waals surface area contributed by atoms with E-state index in [0.29, 0.717) is 10.3 Å². The van der Waals surface area contributed by atoms with Crippen LogP contribution in [-0.4, -0.2) is 23.1 Å². The molecule has 1 aromatic rings. The van der Waals surface area contributed by atoms with Crippen molar-refractivity contribution in [2.45, 2.75) is 0 Å². The molecule has 0 aliphatic heterocycles. The fourth-order valence-corrected chi connectivity index (χ4v) is 1.41. The molecule has 0 saturated carbocycles. The molecule has 76 valence electrons. The summed E-state index contributed by atoms with van der Waals surface area (Å²) in [5, 5.41) is 17.2. The maximum Gasteiger partial charge on any atom is 0.222 e. The molecular weight excluding hydrogens is 260 g/mol. The summed E-state index contributed by atoms with van der Waals surface area (Å²) in [5.41, 5.74) is 5.42. The third-order valence-corrected chi connectivity index (χ3v) is 2.13. The van der Waals surface area contributed by atoms with E-state index in [1.165, 1.54) is 11.1 Å². The zero-order chi connectivity index (χ0) is 11.3. The van der Waals surface area contributed by atoms with Gasteiger partial charge in [-0.15, -0.1) is 0 Å². The molecule has 0 aromatic carbocycles. The van der Waals surface area contributed by atoms with Crippen LogP contribution < -0.4 is 10.6 Å². The monoisotopic (exact) mass is 266 g/mol. The number of nitriles is 2. The van der Waals surface area contributed by atoms with Crippen LogP contribution in [-0.2, 0) is 0 Å². The smallest absolute Gasteiger partial charge is 0.222 e. The van der Waals surface area contributed by atoms with E-state index >= 15 is 0 Å². The molecule has 0 atom stereocenters. The van der Waals surface area contributed by atoms with Crippen LogP contribution in [0.15, 0.2) is 10.7 Å². The maximum absolute atomic E-state index is 8.59. The van der Waals surface area contributed by atoms with Gasteiger partial charge in [0.05, 0.1) is 16.6 Å². The van der Waals surface area contributed by atoms with Crippen molar-refractivity contribution in [1.82, 2.24) is 9.97 Å². The number of nitrogen functional groups attached to an aromatic ring is 1. The Bertz CT molecular complexity index is 416. The van der Waals surface area contributed by atoms with Gasteiger partial charge in [0.15, 0.2) is 0 Å². The van der Waals surface area contributed by atoms with Crippen LogP contribution in [0, 0.1) is 22.7 Å². The maximum atomic E-state index is 8.59. The van der Waals surface area contributed by atoms with Gasteiger partial charge in [0.2, 0.25) is 5.95 Å². The Morgan fingerprint density at radius 2 is 2.00 bits per heavy atom. The highest BCUT2D eigenvalue weighted by Gasteiger charge is 2.11. The summed E-state index contributed by atoms with van der Waals surface area (Å²) in [6.07, 6.45) is 1.49. The van der Waals surface area contributed by atoms with E-state index < -0.39 is 0 Å². The van der Waals surface area contributed by atoms with Crippen molar-refractivity contribution in [2.75, 3.05) is 23.7 Å². The van der Waals surface area contributed by atoms with Gasteiger partial charge in [0.25, 0.3) is 0 Å². The van der Waals surface area contributed by atoms with Crippen molar-refractivity contribution < 1.29 is 0 Å². The predicted molar refractivity (Wildman–Crippen MR) is 57.6 cm³/mol. The Morgan fingerprint density at radius 1 is 1.40 bits per heavy atom. The van der Waals surface area contributed by atoms with Crippen molar-refractivity contribution in [2.24, 2.45) is 0 Å².